The van der Waals surface area contributed by atoms with E-state index >= 15 is 0 Å². The zero-order chi connectivity index (χ0) is 21.9. The van der Waals surface area contributed by atoms with Crippen LogP contribution in [0, 0.1) is 12.3 Å². The smallest absolute Gasteiger partial charge is 0.271 e. The average Bonchev–Trinajstić information content (AvgIpc) is 3.04. The monoisotopic (exact) mass is 425 g/mol. The number of amides is 1. The highest BCUT2D eigenvalue weighted by Crippen LogP contribution is 2.26. The first-order valence-electron chi connectivity index (χ1n) is 9.15. The largest absolute Gasteiger partial charge is 0.497 e. The highest BCUT2D eigenvalue weighted by molar-refractivity contribution is 7.92. The molecule has 0 radical (unpaired) electrons. The summed E-state index contributed by atoms with van der Waals surface area (Å²) in [6.07, 6.45) is 6.45. The standard InChI is InChI=1S/C22H23N3O4S/c1-5-12-24(2)22(26)21-14-17-13-18(23-30(4,27)28)8-11-20(17)25(21)15-16-6-9-19(29-3)10-7-16/h1,6-11,13-14,23H,12,15H2,2-4H3. The molecule has 0 spiro atoms. The second-order valence-electron chi connectivity index (χ2n) is 6.98. The van der Waals surface area contributed by atoms with Crippen molar-refractivity contribution in [2.45, 2.75) is 6.54 Å². The third-order valence-electron chi connectivity index (χ3n) is 4.60. The summed E-state index contributed by atoms with van der Waals surface area (Å²) in [5.41, 5.74) is 2.69. The van der Waals surface area contributed by atoms with E-state index in [2.05, 4.69) is 10.6 Å². The van der Waals surface area contributed by atoms with Crippen LogP contribution in [0.15, 0.2) is 48.5 Å². The fourth-order valence-corrected chi connectivity index (χ4v) is 3.77. The predicted octanol–water partition coefficient (Wildman–Crippen LogP) is 2.77. The number of ether oxygens (including phenoxy) is 1. The maximum Gasteiger partial charge on any atom is 0.271 e. The first kappa shape index (κ1) is 21.3. The van der Waals surface area contributed by atoms with Gasteiger partial charge in [0.05, 0.1) is 19.9 Å². The maximum atomic E-state index is 13.0. The quantitative estimate of drug-likeness (QED) is 0.591. The summed E-state index contributed by atoms with van der Waals surface area (Å²) in [5, 5.41) is 0.745. The van der Waals surface area contributed by atoms with Crippen molar-refractivity contribution < 1.29 is 17.9 Å². The second-order valence-corrected chi connectivity index (χ2v) is 8.73. The SMILES string of the molecule is C#CCN(C)C(=O)c1cc2cc(NS(C)(=O)=O)ccc2n1Cc1ccc(OC)cc1. The van der Waals surface area contributed by atoms with Crippen LogP contribution in [-0.4, -0.2) is 50.7 Å². The molecular weight excluding hydrogens is 402 g/mol. The Hall–Kier alpha value is -3.44. The lowest BCUT2D eigenvalue weighted by Gasteiger charge is -2.16. The van der Waals surface area contributed by atoms with E-state index in [1.807, 2.05) is 28.8 Å². The Balaban J connectivity index is 2.09. The highest BCUT2D eigenvalue weighted by atomic mass is 32.2. The van der Waals surface area contributed by atoms with Gasteiger partial charge in [-0.25, -0.2) is 8.42 Å². The fourth-order valence-electron chi connectivity index (χ4n) is 3.21. The van der Waals surface area contributed by atoms with E-state index in [4.69, 9.17) is 11.2 Å². The van der Waals surface area contributed by atoms with Gasteiger partial charge in [-0.1, -0.05) is 18.1 Å². The van der Waals surface area contributed by atoms with Gasteiger partial charge in [0, 0.05) is 30.2 Å². The van der Waals surface area contributed by atoms with Crippen molar-refractivity contribution in [3.63, 3.8) is 0 Å². The lowest BCUT2D eigenvalue weighted by Crippen LogP contribution is -2.29. The number of methoxy groups -OCH3 is 1. The Kier molecular flexibility index (Phi) is 6.04. The van der Waals surface area contributed by atoms with Crippen LogP contribution in [0.25, 0.3) is 10.9 Å². The predicted molar refractivity (Wildman–Crippen MR) is 118 cm³/mol. The number of nitrogens with one attached hydrogen (secondary N) is 1. The molecule has 2 aromatic carbocycles. The number of aromatic nitrogens is 1. The van der Waals surface area contributed by atoms with Gasteiger partial charge >= 0.3 is 0 Å². The van der Waals surface area contributed by atoms with Gasteiger partial charge in [-0.05, 0) is 42.0 Å². The zero-order valence-electron chi connectivity index (χ0n) is 17.0. The van der Waals surface area contributed by atoms with Gasteiger partial charge in [0.15, 0.2) is 0 Å². The molecule has 0 aliphatic heterocycles. The Morgan fingerprint density at radius 3 is 2.50 bits per heavy atom. The molecule has 1 heterocycles. The molecule has 30 heavy (non-hydrogen) atoms. The van der Waals surface area contributed by atoms with Crippen LogP contribution >= 0.6 is 0 Å². The summed E-state index contributed by atoms with van der Waals surface area (Å²) in [4.78, 5) is 14.5. The molecule has 156 valence electrons. The molecule has 0 bridgehead atoms. The van der Waals surface area contributed by atoms with Gasteiger partial charge in [0.1, 0.15) is 11.4 Å². The molecule has 3 aromatic rings. The van der Waals surface area contributed by atoms with Crippen LogP contribution in [0.3, 0.4) is 0 Å². The number of terminal acetylenes is 1. The third-order valence-corrected chi connectivity index (χ3v) is 5.21. The van der Waals surface area contributed by atoms with Gasteiger partial charge in [-0.3, -0.25) is 9.52 Å². The molecule has 0 unspecified atom stereocenters. The van der Waals surface area contributed by atoms with E-state index < -0.39 is 10.0 Å². The van der Waals surface area contributed by atoms with Gasteiger partial charge < -0.3 is 14.2 Å². The fraction of sp³-hybridized carbons (Fsp3) is 0.227. The minimum absolute atomic E-state index is 0.184. The molecule has 0 saturated carbocycles. The summed E-state index contributed by atoms with van der Waals surface area (Å²) in [5.74, 6) is 3.01. The van der Waals surface area contributed by atoms with Crippen molar-refractivity contribution in [2.75, 3.05) is 31.7 Å². The number of benzene rings is 2. The van der Waals surface area contributed by atoms with Crippen molar-refractivity contribution in [3.8, 4) is 18.1 Å². The summed E-state index contributed by atoms with van der Waals surface area (Å²) < 4.78 is 32.7. The van der Waals surface area contributed by atoms with E-state index in [1.165, 1.54) is 4.90 Å². The zero-order valence-corrected chi connectivity index (χ0v) is 17.9. The molecule has 1 amide bonds. The molecule has 3 rings (SSSR count). The minimum atomic E-state index is -3.41. The van der Waals surface area contributed by atoms with E-state index in [1.54, 1.807) is 38.4 Å². The Labute approximate surface area is 176 Å². The van der Waals surface area contributed by atoms with Crippen molar-refractivity contribution in [1.82, 2.24) is 9.47 Å². The van der Waals surface area contributed by atoms with Crippen LogP contribution < -0.4 is 9.46 Å². The lowest BCUT2D eigenvalue weighted by molar-refractivity contribution is 0.0803. The number of nitrogens with zero attached hydrogens (tertiary/aromatic N) is 2. The van der Waals surface area contributed by atoms with Crippen LogP contribution in [0.5, 0.6) is 5.75 Å². The first-order valence-corrected chi connectivity index (χ1v) is 11.0. The number of sulfonamides is 1. The van der Waals surface area contributed by atoms with E-state index in [0.29, 0.717) is 17.9 Å². The van der Waals surface area contributed by atoms with Gasteiger partial charge in [-0.15, -0.1) is 6.42 Å². The number of hydrogen-bond donors (Lipinski definition) is 1. The Bertz CT molecular complexity index is 1220. The number of hydrogen-bond acceptors (Lipinski definition) is 4. The topological polar surface area (TPSA) is 80.6 Å². The normalized spacial score (nSPS) is 11.1. The number of carbonyl (C=O) groups is 1. The third kappa shape index (κ3) is 4.75. The maximum absolute atomic E-state index is 13.0. The Morgan fingerprint density at radius 1 is 1.20 bits per heavy atom. The van der Waals surface area contributed by atoms with Crippen LogP contribution in [0.2, 0.25) is 0 Å². The summed E-state index contributed by atoms with van der Waals surface area (Å²) in [7, 11) is -0.155. The second kappa shape index (κ2) is 8.51. The molecule has 0 saturated heterocycles. The molecule has 1 aromatic heterocycles. The van der Waals surface area contributed by atoms with Crippen molar-refractivity contribution in [1.29, 1.82) is 0 Å². The van der Waals surface area contributed by atoms with Gasteiger partial charge in [0.2, 0.25) is 10.0 Å². The minimum Gasteiger partial charge on any atom is -0.497 e. The lowest BCUT2D eigenvalue weighted by atomic mass is 10.2. The van der Waals surface area contributed by atoms with Crippen molar-refractivity contribution in [2.24, 2.45) is 0 Å². The molecule has 0 atom stereocenters. The van der Waals surface area contributed by atoms with Gasteiger partial charge in [-0.2, -0.15) is 0 Å². The number of rotatable bonds is 7. The van der Waals surface area contributed by atoms with Crippen LogP contribution in [-0.2, 0) is 16.6 Å². The summed E-state index contributed by atoms with van der Waals surface area (Å²) in [6.45, 7) is 0.640. The van der Waals surface area contributed by atoms with E-state index in [-0.39, 0.29) is 12.5 Å². The van der Waals surface area contributed by atoms with Crippen LogP contribution in [0.1, 0.15) is 16.1 Å². The number of carbonyl (C=O) groups excluding carboxylic acids is 1. The van der Waals surface area contributed by atoms with E-state index in [0.717, 1.165) is 28.5 Å². The first-order chi connectivity index (χ1) is 14.2. The molecule has 1 N–H and O–H groups in total. The average molecular weight is 426 g/mol. The highest BCUT2D eigenvalue weighted by Gasteiger charge is 2.19. The van der Waals surface area contributed by atoms with Crippen LogP contribution in [0.4, 0.5) is 5.69 Å². The Morgan fingerprint density at radius 2 is 1.90 bits per heavy atom. The molecule has 0 fully saturated rings. The number of anilines is 1. The van der Waals surface area contributed by atoms with Gasteiger partial charge in [0.25, 0.3) is 5.91 Å². The van der Waals surface area contributed by atoms with E-state index in [9.17, 15) is 13.2 Å². The molecular formula is C22H23N3O4S. The number of fused-ring (bicyclic) bond motifs is 1. The molecule has 0 aliphatic rings. The summed E-state index contributed by atoms with van der Waals surface area (Å²) >= 11 is 0. The van der Waals surface area contributed by atoms with Crippen molar-refractivity contribution in [3.05, 3.63) is 59.8 Å². The summed E-state index contributed by atoms with van der Waals surface area (Å²) in [6, 6.07) is 14.5. The molecule has 0 aliphatic carbocycles. The molecule has 8 heteroatoms. The molecule has 7 nitrogen and oxygen atoms in total. The van der Waals surface area contributed by atoms with Crippen molar-refractivity contribution >= 4 is 32.5 Å².